The molecule has 1 aromatic heterocycles. The molecule has 1 atom stereocenters. The van der Waals surface area contributed by atoms with E-state index in [9.17, 15) is 19.7 Å². The van der Waals surface area contributed by atoms with Crippen LogP contribution in [-0.4, -0.2) is 36.0 Å². The van der Waals surface area contributed by atoms with Crippen molar-refractivity contribution in [1.82, 2.24) is 4.57 Å². The first-order valence-electron chi connectivity index (χ1n) is 13.9. The van der Waals surface area contributed by atoms with Gasteiger partial charge in [0, 0.05) is 5.70 Å². The molecular formula is C32H27N3O9S. The zero-order valence-corrected chi connectivity index (χ0v) is 25.3. The normalized spacial score (nSPS) is 15.4. The fourth-order valence-corrected chi connectivity index (χ4v) is 6.19. The third-order valence-corrected chi connectivity index (χ3v) is 8.26. The molecule has 0 aliphatic carbocycles. The van der Waals surface area contributed by atoms with Gasteiger partial charge in [-0.3, -0.25) is 19.5 Å². The summed E-state index contributed by atoms with van der Waals surface area (Å²) in [5.74, 6) is 0.797. The summed E-state index contributed by atoms with van der Waals surface area (Å²) in [7, 11) is 1.42. The second-order valence-electron chi connectivity index (χ2n) is 9.99. The number of nitro groups is 1. The Morgan fingerprint density at radius 2 is 1.91 bits per heavy atom. The van der Waals surface area contributed by atoms with Gasteiger partial charge in [0.15, 0.2) is 27.8 Å². The topological polar surface area (TPSA) is 141 Å². The fourth-order valence-electron chi connectivity index (χ4n) is 5.15. The summed E-state index contributed by atoms with van der Waals surface area (Å²) in [6, 6.07) is 16.2. The number of esters is 1. The molecule has 4 aromatic rings. The van der Waals surface area contributed by atoms with Gasteiger partial charge in [-0.15, -0.1) is 0 Å². The number of hydrogen-bond donors (Lipinski definition) is 0. The van der Waals surface area contributed by atoms with E-state index >= 15 is 0 Å². The summed E-state index contributed by atoms with van der Waals surface area (Å²) < 4.78 is 29.3. The van der Waals surface area contributed by atoms with E-state index in [0.717, 1.165) is 16.9 Å². The van der Waals surface area contributed by atoms with E-state index in [1.54, 1.807) is 38.1 Å². The van der Waals surface area contributed by atoms with Gasteiger partial charge in [-0.25, -0.2) is 9.79 Å². The van der Waals surface area contributed by atoms with Crippen molar-refractivity contribution in [2.45, 2.75) is 26.5 Å². The zero-order chi connectivity index (χ0) is 31.7. The number of fused-ring (bicyclic) bond motifs is 2. The molecule has 0 fully saturated rings. The predicted octanol–water partition coefficient (Wildman–Crippen LogP) is 4.13. The molecule has 0 amide bonds. The van der Waals surface area contributed by atoms with Gasteiger partial charge in [-0.2, -0.15) is 0 Å². The number of rotatable bonds is 9. The number of carbonyl (C=O) groups excluding carboxylic acids is 1. The number of methoxy groups -OCH3 is 1. The molecule has 6 rings (SSSR count). The Labute approximate surface area is 260 Å². The molecule has 0 radical (unpaired) electrons. The summed E-state index contributed by atoms with van der Waals surface area (Å²) in [4.78, 5) is 43.9. The fraction of sp³-hybridized carbons (Fsp3) is 0.219. The number of carbonyl (C=O) groups is 1. The number of benzene rings is 3. The zero-order valence-electron chi connectivity index (χ0n) is 24.5. The Hall–Kier alpha value is -5.43. The molecule has 2 aliphatic rings. The molecule has 3 heterocycles. The number of nitrogens with zero attached hydrogens (tertiary/aromatic N) is 3. The van der Waals surface area contributed by atoms with E-state index in [1.165, 1.54) is 23.8 Å². The van der Waals surface area contributed by atoms with E-state index in [2.05, 4.69) is 0 Å². The maximum atomic E-state index is 13.6. The Morgan fingerprint density at radius 3 is 2.64 bits per heavy atom. The van der Waals surface area contributed by atoms with Crippen LogP contribution in [0.2, 0.25) is 0 Å². The van der Waals surface area contributed by atoms with Crippen LogP contribution in [0.15, 0.2) is 76.0 Å². The van der Waals surface area contributed by atoms with Crippen LogP contribution in [-0.2, 0) is 16.1 Å². The number of thiazole rings is 1. The molecule has 3 aromatic carbocycles. The number of ether oxygens (including phenoxy) is 5. The van der Waals surface area contributed by atoms with Gasteiger partial charge in [0.1, 0.15) is 12.6 Å². The quantitative estimate of drug-likeness (QED) is 0.152. The molecule has 45 heavy (non-hydrogen) atoms. The lowest BCUT2D eigenvalue weighted by atomic mass is 9.94. The smallest absolute Gasteiger partial charge is 0.338 e. The lowest BCUT2D eigenvalue weighted by Crippen LogP contribution is -2.35. The lowest BCUT2D eigenvalue weighted by molar-refractivity contribution is -0.385. The SMILES string of the molecule is CCOC(=O)C1=C(C)n2c(s/c(=C\c3ccc4c(c3)OCO4)c2=O)=N[C@@H]1c1cc(OC)c(OCc2ccccc2)cc1[N+](=O)[O-]. The van der Waals surface area contributed by atoms with Crippen molar-refractivity contribution in [2.24, 2.45) is 4.99 Å². The highest BCUT2D eigenvalue weighted by atomic mass is 32.1. The Kier molecular flexibility index (Phi) is 8.09. The summed E-state index contributed by atoms with van der Waals surface area (Å²) in [6.07, 6.45) is 1.69. The lowest BCUT2D eigenvalue weighted by Gasteiger charge is -2.23. The molecule has 13 heteroatoms. The maximum absolute atomic E-state index is 13.6. The van der Waals surface area contributed by atoms with E-state index in [-0.39, 0.29) is 58.8 Å². The highest BCUT2D eigenvalue weighted by molar-refractivity contribution is 7.07. The maximum Gasteiger partial charge on any atom is 0.338 e. The third kappa shape index (κ3) is 5.65. The van der Waals surface area contributed by atoms with Crippen molar-refractivity contribution in [2.75, 3.05) is 20.5 Å². The average Bonchev–Trinajstić information content (AvgIpc) is 3.63. The van der Waals surface area contributed by atoms with E-state index < -0.39 is 22.5 Å². The molecule has 2 aliphatic heterocycles. The Morgan fingerprint density at radius 1 is 1.13 bits per heavy atom. The molecule has 0 bridgehead atoms. The minimum Gasteiger partial charge on any atom is -0.493 e. The van der Waals surface area contributed by atoms with Gasteiger partial charge in [-0.05, 0) is 49.2 Å². The first kappa shape index (κ1) is 29.6. The van der Waals surface area contributed by atoms with Gasteiger partial charge in [0.25, 0.3) is 11.2 Å². The van der Waals surface area contributed by atoms with Crippen LogP contribution >= 0.6 is 11.3 Å². The van der Waals surface area contributed by atoms with Gasteiger partial charge in [-0.1, -0.05) is 47.7 Å². The highest BCUT2D eigenvalue weighted by Gasteiger charge is 2.36. The second-order valence-corrected chi connectivity index (χ2v) is 11.0. The highest BCUT2D eigenvalue weighted by Crippen LogP contribution is 2.43. The van der Waals surface area contributed by atoms with Crippen molar-refractivity contribution in [3.05, 3.63) is 113 Å². The van der Waals surface area contributed by atoms with E-state index in [0.29, 0.717) is 21.6 Å². The van der Waals surface area contributed by atoms with Crippen molar-refractivity contribution < 1.29 is 33.4 Å². The minimum absolute atomic E-state index is 0.00184. The first-order chi connectivity index (χ1) is 21.8. The molecule has 0 unspecified atom stereocenters. The summed E-state index contributed by atoms with van der Waals surface area (Å²) in [6.45, 7) is 3.56. The number of hydrogen-bond acceptors (Lipinski definition) is 11. The van der Waals surface area contributed by atoms with Crippen LogP contribution in [0.5, 0.6) is 23.0 Å². The van der Waals surface area contributed by atoms with Crippen molar-refractivity contribution in [3.63, 3.8) is 0 Å². The Bertz CT molecular complexity index is 2030. The second kappa shape index (κ2) is 12.3. The van der Waals surface area contributed by atoms with Gasteiger partial charge in [0.2, 0.25) is 6.79 Å². The van der Waals surface area contributed by atoms with Crippen molar-refractivity contribution in [1.29, 1.82) is 0 Å². The molecule has 0 spiro atoms. The van der Waals surface area contributed by atoms with Crippen LogP contribution in [0.4, 0.5) is 5.69 Å². The van der Waals surface area contributed by atoms with Crippen LogP contribution < -0.4 is 33.8 Å². The molecule has 0 saturated heterocycles. The third-order valence-electron chi connectivity index (χ3n) is 7.28. The van der Waals surface area contributed by atoms with Gasteiger partial charge < -0.3 is 23.7 Å². The molecule has 0 saturated carbocycles. The first-order valence-corrected chi connectivity index (χ1v) is 14.7. The molecule has 230 valence electrons. The minimum atomic E-state index is -1.17. The van der Waals surface area contributed by atoms with Crippen LogP contribution in [0.25, 0.3) is 11.8 Å². The van der Waals surface area contributed by atoms with Crippen LogP contribution in [0, 0.1) is 10.1 Å². The van der Waals surface area contributed by atoms with E-state index in [4.69, 9.17) is 28.7 Å². The largest absolute Gasteiger partial charge is 0.493 e. The number of aromatic nitrogens is 1. The van der Waals surface area contributed by atoms with Gasteiger partial charge >= 0.3 is 5.97 Å². The number of allylic oxidation sites excluding steroid dienone is 1. The summed E-state index contributed by atoms with van der Waals surface area (Å²) >= 11 is 1.10. The van der Waals surface area contributed by atoms with Crippen molar-refractivity contribution in [3.8, 4) is 23.0 Å². The predicted molar refractivity (Wildman–Crippen MR) is 164 cm³/mol. The average molecular weight is 630 g/mol. The standard InChI is InChI=1S/C32H27N3O9S/c1-4-41-31(37)28-18(2)34-30(36)27(13-20-10-11-23-25(12-20)44-17-43-23)45-32(34)33-29(28)21-14-24(40-3)26(15-22(21)35(38)39)42-16-19-8-6-5-7-9-19/h5-15,29H,4,16-17H2,1-3H3/b27-13-/t29-/m1/s1. The molecule has 12 nitrogen and oxygen atoms in total. The van der Waals surface area contributed by atoms with Crippen molar-refractivity contribution >= 4 is 34.8 Å². The Balaban J connectivity index is 1.49. The summed E-state index contributed by atoms with van der Waals surface area (Å²) in [5.41, 5.74) is 1.17. The van der Waals surface area contributed by atoms with Crippen LogP contribution in [0.1, 0.15) is 36.6 Å². The van der Waals surface area contributed by atoms with Crippen LogP contribution in [0.3, 0.4) is 0 Å². The molecule has 0 N–H and O–H groups in total. The molecular weight excluding hydrogens is 602 g/mol. The van der Waals surface area contributed by atoms with Gasteiger partial charge in [0.05, 0.1) is 40.4 Å². The summed E-state index contributed by atoms with van der Waals surface area (Å²) in [5, 5.41) is 12.4. The van der Waals surface area contributed by atoms with E-state index in [1.807, 2.05) is 30.3 Å². The monoisotopic (exact) mass is 629 g/mol. The number of nitro benzene ring substituents is 1.